The summed E-state index contributed by atoms with van der Waals surface area (Å²) < 4.78 is 12.6. The number of carbonyl (C=O) groups is 1. The molecule has 3 aromatic carbocycles. The van der Waals surface area contributed by atoms with Crippen LogP contribution in [0, 0.1) is 6.92 Å². The van der Waals surface area contributed by atoms with Crippen molar-refractivity contribution < 1.29 is 14.1 Å². The van der Waals surface area contributed by atoms with E-state index in [1.807, 2.05) is 37.2 Å². The first kappa shape index (κ1) is 29.5. The van der Waals surface area contributed by atoms with Gasteiger partial charge in [0, 0.05) is 26.2 Å². The summed E-state index contributed by atoms with van der Waals surface area (Å²) in [6, 6.07) is 20.8. The van der Waals surface area contributed by atoms with Gasteiger partial charge in [-0.15, -0.1) is 0 Å². The van der Waals surface area contributed by atoms with Gasteiger partial charge in [0.2, 0.25) is 0 Å². The average molecular weight is 567 g/mol. The van der Waals surface area contributed by atoms with E-state index in [4.69, 9.17) is 9.26 Å². The molecule has 0 fully saturated rings. The second kappa shape index (κ2) is 12.9. The van der Waals surface area contributed by atoms with E-state index in [2.05, 4.69) is 85.7 Å². The molecule has 7 heteroatoms. The first-order chi connectivity index (χ1) is 20.2. The van der Waals surface area contributed by atoms with Gasteiger partial charge in [-0.3, -0.25) is 4.79 Å². The molecule has 5 rings (SSSR count). The van der Waals surface area contributed by atoms with Crippen LogP contribution in [0.15, 0.2) is 65.2 Å². The van der Waals surface area contributed by atoms with Gasteiger partial charge in [0.05, 0.1) is 11.1 Å². The Morgan fingerprint density at radius 1 is 1.10 bits per heavy atom. The Morgan fingerprint density at radius 3 is 2.62 bits per heavy atom. The minimum atomic E-state index is -0.248. The lowest BCUT2D eigenvalue weighted by Gasteiger charge is -2.25. The molecule has 0 atom stereocenters. The zero-order valence-electron chi connectivity index (χ0n) is 25.7. The van der Waals surface area contributed by atoms with E-state index in [0.29, 0.717) is 36.1 Å². The number of rotatable bonds is 10. The number of hydrogen-bond donors (Lipinski definition) is 1. The highest BCUT2D eigenvalue weighted by molar-refractivity contribution is 6.02. The summed E-state index contributed by atoms with van der Waals surface area (Å²) in [6.07, 6.45) is 0.956. The predicted molar refractivity (Wildman–Crippen MR) is 168 cm³/mol. The Morgan fingerprint density at radius 2 is 1.88 bits per heavy atom. The maximum atomic E-state index is 13.5. The lowest BCUT2D eigenvalue weighted by Crippen LogP contribution is -2.31. The molecule has 1 aliphatic rings. The second-order valence-corrected chi connectivity index (χ2v) is 11.9. The quantitative estimate of drug-likeness (QED) is 0.243. The van der Waals surface area contributed by atoms with Crippen molar-refractivity contribution in [2.45, 2.75) is 46.3 Å². The van der Waals surface area contributed by atoms with Gasteiger partial charge in [0.25, 0.3) is 5.91 Å². The molecule has 0 saturated carbocycles. The molecule has 1 N–H and O–H groups in total. The number of aryl methyl sites for hydroxylation is 1. The molecule has 0 saturated heterocycles. The van der Waals surface area contributed by atoms with E-state index in [0.717, 1.165) is 48.3 Å². The van der Waals surface area contributed by atoms with Gasteiger partial charge in [-0.25, -0.2) is 0 Å². The number of amides is 1. The predicted octanol–water partition coefficient (Wildman–Crippen LogP) is 6.30. The van der Waals surface area contributed by atoms with Crippen LogP contribution in [0.5, 0.6) is 5.75 Å². The fourth-order valence-corrected chi connectivity index (χ4v) is 5.58. The fraction of sp³-hybridized carbons (Fsp3) is 0.371. The number of aromatic nitrogens is 1. The molecule has 220 valence electrons. The van der Waals surface area contributed by atoms with Crippen molar-refractivity contribution in [3.8, 4) is 28.2 Å². The van der Waals surface area contributed by atoms with Crippen LogP contribution in [0.4, 0.5) is 0 Å². The zero-order valence-corrected chi connectivity index (χ0v) is 25.7. The van der Waals surface area contributed by atoms with Crippen LogP contribution in [-0.4, -0.2) is 61.6 Å². The summed E-state index contributed by atoms with van der Waals surface area (Å²) in [5.74, 6) is 1.30. The molecule has 42 heavy (non-hydrogen) atoms. The monoisotopic (exact) mass is 566 g/mol. The van der Waals surface area contributed by atoms with Crippen molar-refractivity contribution in [1.82, 2.24) is 20.3 Å². The molecule has 1 aliphatic heterocycles. The minimum Gasteiger partial charge on any atom is -0.488 e. The summed E-state index contributed by atoms with van der Waals surface area (Å²) in [5, 5.41) is 7.41. The minimum absolute atomic E-state index is 0.248. The Kier molecular flexibility index (Phi) is 9.09. The van der Waals surface area contributed by atoms with Crippen molar-refractivity contribution in [3.05, 3.63) is 94.2 Å². The topological polar surface area (TPSA) is 70.8 Å². The number of likely N-dealkylation sites (N-methyl/N-ethyl adjacent to an activating group) is 2. The second-order valence-electron chi connectivity index (χ2n) is 11.9. The normalized spacial score (nSPS) is 13.4. The van der Waals surface area contributed by atoms with E-state index in [9.17, 15) is 4.79 Å². The van der Waals surface area contributed by atoms with E-state index in [1.54, 1.807) is 0 Å². The molecule has 0 aliphatic carbocycles. The number of ether oxygens (including phenoxy) is 1. The standard InChI is InChI=1S/C35H42N4O3/c1-23(2)29-20-30(31(18-24(29)3)41-22-25-10-8-7-9-11-25)34-32(33(37-42-34)35(40)36-15-17-38(4)5)27-12-13-28-21-39(6)16-14-26(28)19-27/h7-13,18-20,23H,14-17,21-22H2,1-6H3,(H,36,40). The highest BCUT2D eigenvalue weighted by atomic mass is 16.5. The molecule has 4 aromatic rings. The third kappa shape index (κ3) is 6.58. The summed E-state index contributed by atoms with van der Waals surface area (Å²) in [4.78, 5) is 17.9. The van der Waals surface area contributed by atoms with Crippen molar-refractivity contribution in [3.63, 3.8) is 0 Å². The SMILES string of the molecule is Cc1cc(OCc2ccccc2)c(-c2onc(C(=O)NCCN(C)C)c2-c2ccc3c(c2)CCN(C)C3)cc1C(C)C. The Hall–Kier alpha value is -3.94. The molecule has 0 bridgehead atoms. The highest BCUT2D eigenvalue weighted by Crippen LogP contribution is 2.43. The Labute approximate surface area is 249 Å². The number of nitrogens with one attached hydrogen (secondary N) is 1. The third-order valence-corrected chi connectivity index (χ3v) is 7.92. The lowest BCUT2D eigenvalue weighted by atomic mass is 9.90. The van der Waals surface area contributed by atoms with Crippen LogP contribution in [-0.2, 0) is 19.6 Å². The maximum absolute atomic E-state index is 13.5. The van der Waals surface area contributed by atoms with E-state index in [-0.39, 0.29) is 11.6 Å². The summed E-state index contributed by atoms with van der Waals surface area (Å²) in [6.45, 7) is 10.0. The number of carbonyl (C=O) groups excluding carboxylic acids is 1. The molecule has 0 spiro atoms. The molecule has 7 nitrogen and oxygen atoms in total. The number of nitrogens with zero attached hydrogens (tertiary/aromatic N) is 3. The molecular weight excluding hydrogens is 524 g/mol. The van der Waals surface area contributed by atoms with Crippen molar-refractivity contribution in [2.75, 3.05) is 40.8 Å². The van der Waals surface area contributed by atoms with Crippen molar-refractivity contribution in [1.29, 1.82) is 0 Å². The average Bonchev–Trinajstić information content (AvgIpc) is 3.41. The van der Waals surface area contributed by atoms with E-state index >= 15 is 0 Å². The highest BCUT2D eigenvalue weighted by Gasteiger charge is 2.28. The van der Waals surface area contributed by atoms with Crippen LogP contribution in [0.1, 0.15) is 58.1 Å². The molecule has 0 unspecified atom stereocenters. The smallest absolute Gasteiger partial charge is 0.274 e. The Bertz CT molecular complexity index is 1540. The van der Waals surface area contributed by atoms with Gasteiger partial charge in [0.1, 0.15) is 12.4 Å². The van der Waals surface area contributed by atoms with Crippen LogP contribution in [0.25, 0.3) is 22.5 Å². The van der Waals surface area contributed by atoms with Crippen molar-refractivity contribution in [2.24, 2.45) is 0 Å². The summed E-state index contributed by atoms with van der Waals surface area (Å²) in [5.41, 5.74) is 8.74. The molecular formula is C35H42N4O3. The number of hydrogen-bond acceptors (Lipinski definition) is 6. The van der Waals surface area contributed by atoms with Crippen LogP contribution in [0.2, 0.25) is 0 Å². The molecule has 1 aromatic heterocycles. The van der Waals surface area contributed by atoms with Gasteiger partial charge >= 0.3 is 0 Å². The molecule has 1 amide bonds. The fourth-order valence-electron chi connectivity index (χ4n) is 5.58. The maximum Gasteiger partial charge on any atom is 0.274 e. The van der Waals surface area contributed by atoms with E-state index in [1.165, 1.54) is 16.7 Å². The van der Waals surface area contributed by atoms with Crippen LogP contribution >= 0.6 is 0 Å². The largest absolute Gasteiger partial charge is 0.488 e. The van der Waals surface area contributed by atoms with Gasteiger partial charge in [-0.2, -0.15) is 0 Å². The zero-order chi connectivity index (χ0) is 29.8. The van der Waals surface area contributed by atoms with Crippen molar-refractivity contribution >= 4 is 5.91 Å². The Balaban J connectivity index is 1.63. The summed E-state index contributed by atoms with van der Waals surface area (Å²) in [7, 11) is 6.11. The number of fused-ring (bicyclic) bond motifs is 1. The molecule has 2 heterocycles. The number of benzene rings is 3. The molecule has 0 radical (unpaired) electrons. The van der Waals surface area contributed by atoms with Crippen LogP contribution in [0.3, 0.4) is 0 Å². The van der Waals surface area contributed by atoms with E-state index < -0.39 is 0 Å². The summed E-state index contributed by atoms with van der Waals surface area (Å²) >= 11 is 0. The first-order valence-corrected chi connectivity index (χ1v) is 14.8. The van der Waals surface area contributed by atoms with Crippen LogP contribution < -0.4 is 10.1 Å². The lowest BCUT2D eigenvalue weighted by molar-refractivity contribution is 0.0942. The van der Waals surface area contributed by atoms with Gasteiger partial charge in [-0.05, 0) is 85.9 Å². The van der Waals surface area contributed by atoms with Gasteiger partial charge in [0.15, 0.2) is 11.5 Å². The first-order valence-electron chi connectivity index (χ1n) is 14.8. The van der Waals surface area contributed by atoms with Gasteiger partial charge in [-0.1, -0.05) is 67.5 Å². The third-order valence-electron chi connectivity index (χ3n) is 7.92. The van der Waals surface area contributed by atoms with Gasteiger partial charge < -0.3 is 24.4 Å².